The lowest BCUT2D eigenvalue weighted by Crippen LogP contribution is -2.43. The van der Waals surface area contributed by atoms with Crippen LogP contribution in [0.1, 0.15) is 12.8 Å². The Labute approximate surface area is 177 Å². The average Bonchev–Trinajstić information content (AvgIpc) is 3.23. The smallest absolute Gasteiger partial charge is 0.243 e. The summed E-state index contributed by atoms with van der Waals surface area (Å²) in [7, 11) is -3.64. The molecule has 2 heterocycles. The molecule has 0 radical (unpaired) electrons. The van der Waals surface area contributed by atoms with Gasteiger partial charge in [0.05, 0.1) is 10.8 Å². The van der Waals surface area contributed by atoms with Crippen molar-refractivity contribution >= 4 is 32.6 Å². The molecular weight excluding hydrogens is 427 g/mol. The second kappa shape index (κ2) is 8.58. The number of hydrogen-bond donors (Lipinski definition) is 1. The van der Waals surface area contributed by atoms with Gasteiger partial charge in [-0.2, -0.15) is 13.7 Å². The molecule has 0 aliphatic carbocycles. The van der Waals surface area contributed by atoms with E-state index in [1.54, 1.807) is 42.5 Å². The molecule has 156 valence electrons. The third-order valence-electron chi connectivity index (χ3n) is 4.89. The number of aromatic nitrogens is 2. The summed E-state index contributed by atoms with van der Waals surface area (Å²) in [5.41, 5.74) is 0.644. The summed E-state index contributed by atoms with van der Waals surface area (Å²) in [5.74, 6) is -0.720. The van der Waals surface area contributed by atoms with E-state index in [1.165, 1.54) is 16.4 Å². The first-order valence-electron chi connectivity index (χ1n) is 9.39. The minimum Gasteiger partial charge on any atom is -0.300 e. The van der Waals surface area contributed by atoms with Crippen molar-refractivity contribution in [2.75, 3.05) is 18.4 Å². The summed E-state index contributed by atoms with van der Waals surface area (Å²) in [6.45, 7) is 0.501. The summed E-state index contributed by atoms with van der Waals surface area (Å²) in [5, 5.41) is 3.06. The van der Waals surface area contributed by atoms with E-state index in [9.17, 15) is 17.6 Å². The minimum absolute atomic E-state index is 0.118. The van der Waals surface area contributed by atoms with Gasteiger partial charge in [0.15, 0.2) is 5.82 Å². The van der Waals surface area contributed by atoms with Crippen molar-refractivity contribution in [2.24, 2.45) is 5.92 Å². The molecule has 1 unspecified atom stereocenters. The molecule has 1 fully saturated rings. The first kappa shape index (κ1) is 20.6. The van der Waals surface area contributed by atoms with E-state index in [0.717, 1.165) is 11.5 Å². The number of carbonyl (C=O) groups excluding carboxylic acids is 1. The number of sulfonamides is 1. The first-order valence-corrected chi connectivity index (χ1v) is 11.6. The summed E-state index contributed by atoms with van der Waals surface area (Å²) in [4.78, 5) is 17.2. The van der Waals surface area contributed by atoms with Gasteiger partial charge in [0.1, 0.15) is 5.82 Å². The molecule has 2 aromatic carbocycles. The maximum Gasteiger partial charge on any atom is 0.243 e. The normalized spacial score (nSPS) is 17.6. The maximum absolute atomic E-state index is 13.1. The van der Waals surface area contributed by atoms with Crippen LogP contribution in [-0.2, 0) is 14.8 Å². The van der Waals surface area contributed by atoms with Crippen molar-refractivity contribution in [1.82, 2.24) is 13.7 Å². The third kappa shape index (κ3) is 4.40. The molecule has 1 aliphatic heterocycles. The Kier molecular flexibility index (Phi) is 5.89. The van der Waals surface area contributed by atoms with Gasteiger partial charge in [-0.05, 0) is 49.2 Å². The molecule has 1 amide bonds. The van der Waals surface area contributed by atoms with Crippen LogP contribution in [0.15, 0.2) is 59.5 Å². The fraction of sp³-hybridized carbons (Fsp3) is 0.250. The number of amides is 1. The molecule has 0 bridgehead atoms. The maximum atomic E-state index is 13.1. The van der Waals surface area contributed by atoms with Gasteiger partial charge in [0.25, 0.3) is 0 Å². The molecule has 4 rings (SSSR count). The predicted octanol–water partition coefficient (Wildman–Crippen LogP) is 3.38. The SMILES string of the molecule is O=C(Nc1nc(-c2ccc(F)cc2)ns1)C1CCCN(S(=O)(=O)c2ccccc2)C1. The van der Waals surface area contributed by atoms with Gasteiger partial charge in [0, 0.05) is 30.2 Å². The van der Waals surface area contributed by atoms with E-state index in [2.05, 4.69) is 14.7 Å². The Hall–Kier alpha value is -2.69. The molecule has 3 aromatic rings. The van der Waals surface area contributed by atoms with Crippen molar-refractivity contribution in [1.29, 1.82) is 0 Å². The Bertz CT molecular complexity index is 1130. The summed E-state index contributed by atoms with van der Waals surface area (Å²) < 4.78 is 44.3. The lowest BCUT2D eigenvalue weighted by molar-refractivity contribution is -0.120. The molecule has 7 nitrogen and oxygen atoms in total. The Morgan fingerprint density at radius 2 is 1.87 bits per heavy atom. The molecule has 0 spiro atoms. The Morgan fingerprint density at radius 1 is 1.13 bits per heavy atom. The standard InChI is InChI=1S/C20H19FN4O3S2/c21-16-10-8-14(9-11-16)18-22-20(29-24-18)23-19(26)15-5-4-12-25(13-15)30(27,28)17-6-2-1-3-7-17/h1-3,6-11,15H,4-5,12-13H2,(H,22,23,24,26). The van der Waals surface area contributed by atoms with Crippen molar-refractivity contribution in [3.63, 3.8) is 0 Å². The largest absolute Gasteiger partial charge is 0.300 e. The quantitative estimate of drug-likeness (QED) is 0.649. The zero-order valence-corrected chi connectivity index (χ0v) is 17.5. The molecule has 1 N–H and O–H groups in total. The number of nitrogens with one attached hydrogen (secondary N) is 1. The van der Waals surface area contributed by atoms with Crippen LogP contribution < -0.4 is 5.32 Å². The van der Waals surface area contributed by atoms with Gasteiger partial charge in [-0.3, -0.25) is 4.79 Å². The zero-order chi connectivity index (χ0) is 21.1. The summed E-state index contributed by atoms with van der Waals surface area (Å²) >= 11 is 1.03. The third-order valence-corrected chi connectivity index (χ3v) is 7.40. The van der Waals surface area contributed by atoms with Crippen LogP contribution in [-0.4, -0.2) is 41.1 Å². The highest BCUT2D eigenvalue weighted by Crippen LogP contribution is 2.26. The number of nitrogens with zero attached hydrogens (tertiary/aromatic N) is 3. The lowest BCUT2D eigenvalue weighted by atomic mass is 9.99. The Balaban J connectivity index is 1.43. The molecule has 30 heavy (non-hydrogen) atoms. The molecular formula is C20H19FN4O3S2. The highest BCUT2D eigenvalue weighted by molar-refractivity contribution is 7.89. The number of carbonyl (C=O) groups is 1. The number of rotatable bonds is 5. The Morgan fingerprint density at radius 3 is 2.60 bits per heavy atom. The van der Waals surface area contributed by atoms with E-state index in [1.807, 2.05) is 0 Å². The minimum atomic E-state index is -3.64. The van der Waals surface area contributed by atoms with Gasteiger partial charge >= 0.3 is 0 Å². The van der Waals surface area contributed by atoms with E-state index < -0.39 is 15.9 Å². The van der Waals surface area contributed by atoms with Crippen molar-refractivity contribution in [3.8, 4) is 11.4 Å². The number of anilines is 1. The monoisotopic (exact) mass is 446 g/mol. The molecule has 1 aliphatic rings. The second-order valence-corrected chi connectivity index (χ2v) is 9.62. The first-order chi connectivity index (χ1) is 14.4. The van der Waals surface area contributed by atoms with Crippen molar-refractivity contribution in [2.45, 2.75) is 17.7 Å². The van der Waals surface area contributed by atoms with Gasteiger partial charge in [-0.25, -0.2) is 12.8 Å². The van der Waals surface area contributed by atoms with E-state index >= 15 is 0 Å². The average molecular weight is 447 g/mol. The van der Waals surface area contributed by atoms with Crippen LogP contribution in [0, 0.1) is 11.7 Å². The van der Waals surface area contributed by atoms with Gasteiger partial charge in [-0.1, -0.05) is 18.2 Å². The molecule has 10 heteroatoms. The predicted molar refractivity (Wildman–Crippen MR) is 112 cm³/mol. The van der Waals surface area contributed by atoms with Crippen molar-refractivity contribution < 1.29 is 17.6 Å². The summed E-state index contributed by atoms with van der Waals surface area (Å²) in [6, 6.07) is 14.0. The van der Waals surface area contributed by atoms with Crippen LogP contribution in [0.25, 0.3) is 11.4 Å². The molecule has 1 atom stereocenters. The van der Waals surface area contributed by atoms with Gasteiger partial charge in [-0.15, -0.1) is 0 Å². The molecule has 0 saturated carbocycles. The van der Waals surface area contributed by atoms with Crippen LogP contribution in [0.4, 0.5) is 9.52 Å². The number of halogens is 1. The van der Waals surface area contributed by atoms with Gasteiger partial charge < -0.3 is 5.32 Å². The van der Waals surface area contributed by atoms with Crippen LogP contribution in [0.2, 0.25) is 0 Å². The van der Waals surface area contributed by atoms with E-state index in [0.29, 0.717) is 35.9 Å². The van der Waals surface area contributed by atoms with Crippen LogP contribution in [0.3, 0.4) is 0 Å². The van der Waals surface area contributed by atoms with Crippen molar-refractivity contribution in [3.05, 3.63) is 60.4 Å². The van der Waals surface area contributed by atoms with Crippen LogP contribution in [0.5, 0.6) is 0 Å². The second-order valence-electron chi connectivity index (χ2n) is 6.93. The number of benzene rings is 2. The molecule has 1 saturated heterocycles. The number of hydrogen-bond acceptors (Lipinski definition) is 6. The fourth-order valence-corrected chi connectivity index (χ4v) is 5.45. The van der Waals surface area contributed by atoms with E-state index in [-0.39, 0.29) is 23.2 Å². The zero-order valence-electron chi connectivity index (χ0n) is 15.9. The lowest BCUT2D eigenvalue weighted by Gasteiger charge is -2.31. The number of piperidine rings is 1. The van der Waals surface area contributed by atoms with E-state index in [4.69, 9.17) is 0 Å². The van der Waals surface area contributed by atoms with Gasteiger partial charge in [0.2, 0.25) is 21.1 Å². The molecule has 1 aromatic heterocycles. The highest BCUT2D eigenvalue weighted by Gasteiger charge is 2.33. The van der Waals surface area contributed by atoms with Crippen LogP contribution >= 0.6 is 11.5 Å². The highest BCUT2D eigenvalue weighted by atomic mass is 32.2. The summed E-state index contributed by atoms with van der Waals surface area (Å²) in [6.07, 6.45) is 1.19. The fourth-order valence-electron chi connectivity index (χ4n) is 3.31. The topological polar surface area (TPSA) is 92.3 Å².